The Balaban J connectivity index is 2.60. The molecule has 6 nitrogen and oxygen atoms in total. The minimum Gasteiger partial charge on any atom is -0.460 e. The molecule has 1 heterocycles. The predicted molar refractivity (Wildman–Crippen MR) is 89.3 cm³/mol. The zero-order chi connectivity index (χ0) is 18.1. The summed E-state index contributed by atoms with van der Waals surface area (Å²) in [6, 6.07) is 5.27. The molecule has 0 saturated carbocycles. The molecule has 1 aromatic heterocycles. The lowest BCUT2D eigenvalue weighted by Crippen LogP contribution is -2.27. The van der Waals surface area contributed by atoms with Crippen molar-refractivity contribution in [3.05, 3.63) is 35.5 Å². The summed E-state index contributed by atoms with van der Waals surface area (Å²) in [5, 5.41) is 0.513. The minimum absolute atomic E-state index is 0.105. The Morgan fingerprint density at radius 2 is 1.83 bits per heavy atom. The van der Waals surface area contributed by atoms with Gasteiger partial charge in [0.15, 0.2) is 0 Å². The third-order valence-electron chi connectivity index (χ3n) is 3.32. The second-order valence-corrected chi connectivity index (χ2v) is 6.41. The molecule has 2 aromatic rings. The van der Waals surface area contributed by atoms with E-state index >= 15 is 0 Å². The van der Waals surface area contributed by atoms with Gasteiger partial charge in [0.1, 0.15) is 5.60 Å². The van der Waals surface area contributed by atoms with Gasteiger partial charge in [-0.1, -0.05) is 18.2 Å². The van der Waals surface area contributed by atoms with Crippen molar-refractivity contribution < 1.29 is 23.9 Å². The van der Waals surface area contributed by atoms with Crippen LogP contribution in [-0.4, -0.2) is 34.6 Å². The topological polar surface area (TPSA) is 74.6 Å². The van der Waals surface area contributed by atoms with Gasteiger partial charge in [0.25, 0.3) is 5.78 Å². The molecule has 2 rings (SSSR count). The smallest absolute Gasteiger partial charge is 0.419 e. The molecule has 24 heavy (non-hydrogen) atoms. The van der Waals surface area contributed by atoms with Crippen molar-refractivity contribution in [3.63, 3.8) is 0 Å². The molecule has 0 aliphatic carbocycles. The van der Waals surface area contributed by atoms with Crippen LogP contribution in [0.2, 0.25) is 0 Å². The largest absolute Gasteiger partial charge is 0.460 e. The van der Waals surface area contributed by atoms with Crippen molar-refractivity contribution in [2.24, 2.45) is 0 Å². The number of ketones is 1. The zero-order valence-corrected chi connectivity index (χ0v) is 14.5. The fourth-order valence-corrected chi connectivity index (χ4v) is 2.40. The number of Topliss-reactive ketones (excluding diaryl/α,β-unsaturated/α-hetero) is 1. The number of benzene rings is 1. The lowest BCUT2D eigenvalue weighted by atomic mass is 10.1. The number of ether oxygens (including phenoxy) is 2. The molecule has 6 heteroatoms. The maximum Gasteiger partial charge on any atom is 0.419 e. The van der Waals surface area contributed by atoms with Crippen LogP contribution in [-0.2, 0) is 14.3 Å². The van der Waals surface area contributed by atoms with Crippen LogP contribution in [0.1, 0.15) is 43.6 Å². The molecule has 0 N–H and O–H groups in total. The van der Waals surface area contributed by atoms with Crippen molar-refractivity contribution in [1.29, 1.82) is 0 Å². The minimum atomic E-state index is -0.942. The number of carbonyl (C=O) groups excluding carboxylic acids is 3. The van der Waals surface area contributed by atoms with Gasteiger partial charge in [-0.15, -0.1) is 0 Å². The number of hydrogen-bond acceptors (Lipinski definition) is 5. The summed E-state index contributed by atoms with van der Waals surface area (Å²) in [4.78, 5) is 36.6. The van der Waals surface area contributed by atoms with Gasteiger partial charge in [0.05, 0.1) is 17.7 Å². The SMILES string of the molecule is CCOC(=O)C(=O)c1cn(C(=O)OC(C)(C)C)c2c(C)cccc12. The number of hydrogen-bond donors (Lipinski definition) is 0. The normalized spacial score (nSPS) is 11.4. The molecular weight excluding hydrogens is 310 g/mol. The first-order valence-corrected chi connectivity index (χ1v) is 7.71. The number of carbonyl (C=O) groups is 3. The van der Waals surface area contributed by atoms with E-state index < -0.39 is 23.4 Å². The van der Waals surface area contributed by atoms with Crippen molar-refractivity contribution in [2.45, 2.75) is 40.2 Å². The molecule has 1 aromatic carbocycles. The van der Waals surface area contributed by atoms with Crippen molar-refractivity contribution in [1.82, 2.24) is 4.57 Å². The van der Waals surface area contributed by atoms with Crippen LogP contribution in [0.15, 0.2) is 24.4 Å². The van der Waals surface area contributed by atoms with E-state index in [-0.39, 0.29) is 12.2 Å². The van der Waals surface area contributed by atoms with E-state index in [0.717, 1.165) is 5.56 Å². The molecule has 0 aliphatic rings. The lowest BCUT2D eigenvalue weighted by Gasteiger charge is -2.20. The summed E-state index contributed by atoms with van der Waals surface area (Å²) in [6.45, 7) is 8.83. The lowest BCUT2D eigenvalue weighted by molar-refractivity contribution is -0.137. The molecule has 0 saturated heterocycles. The van der Waals surface area contributed by atoms with Gasteiger partial charge in [-0.2, -0.15) is 0 Å². The molecule has 0 fully saturated rings. The molecule has 0 atom stereocenters. The van der Waals surface area contributed by atoms with Gasteiger partial charge in [-0.3, -0.25) is 9.36 Å². The van der Waals surface area contributed by atoms with E-state index in [1.807, 2.05) is 13.0 Å². The first-order chi connectivity index (χ1) is 11.2. The molecule has 0 bridgehead atoms. The van der Waals surface area contributed by atoms with Crippen LogP contribution in [0, 0.1) is 6.92 Å². The third kappa shape index (κ3) is 3.48. The van der Waals surface area contributed by atoms with E-state index in [4.69, 9.17) is 9.47 Å². The molecule has 0 radical (unpaired) electrons. The third-order valence-corrected chi connectivity index (χ3v) is 3.32. The van der Waals surface area contributed by atoms with Gasteiger partial charge in [-0.05, 0) is 40.2 Å². The number of fused-ring (bicyclic) bond motifs is 1. The van der Waals surface area contributed by atoms with Crippen molar-refractivity contribution in [2.75, 3.05) is 6.61 Å². The van der Waals surface area contributed by atoms with Crippen LogP contribution < -0.4 is 0 Å². The number of nitrogens with zero attached hydrogens (tertiary/aromatic N) is 1. The Hall–Kier alpha value is -2.63. The highest BCUT2D eigenvalue weighted by Crippen LogP contribution is 2.26. The second kappa shape index (κ2) is 6.47. The van der Waals surface area contributed by atoms with Crippen LogP contribution in [0.25, 0.3) is 10.9 Å². The standard InChI is InChI=1S/C18H21NO5/c1-6-23-16(21)15(20)13-10-19(17(22)24-18(3,4)5)14-11(2)8-7-9-12(13)14/h7-10H,6H2,1-5H3. The van der Waals surface area contributed by atoms with E-state index in [1.54, 1.807) is 39.8 Å². The zero-order valence-electron chi connectivity index (χ0n) is 14.5. The van der Waals surface area contributed by atoms with Gasteiger partial charge in [-0.25, -0.2) is 9.59 Å². The van der Waals surface area contributed by atoms with Crippen LogP contribution in [0.5, 0.6) is 0 Å². The summed E-state index contributed by atoms with van der Waals surface area (Å²) in [5.41, 5.74) is 0.778. The van der Waals surface area contributed by atoms with E-state index in [9.17, 15) is 14.4 Å². The van der Waals surface area contributed by atoms with E-state index in [2.05, 4.69) is 0 Å². The molecule has 128 valence electrons. The number of rotatable bonds is 3. The Morgan fingerprint density at radius 1 is 1.17 bits per heavy atom. The number of para-hydroxylation sites is 1. The predicted octanol–water partition coefficient (Wildman–Crippen LogP) is 3.48. The second-order valence-electron chi connectivity index (χ2n) is 6.41. The monoisotopic (exact) mass is 331 g/mol. The summed E-state index contributed by atoms with van der Waals surface area (Å²) in [6.07, 6.45) is 0.732. The molecule has 0 spiro atoms. The Labute approximate surface area is 140 Å². The van der Waals surface area contributed by atoms with Gasteiger partial charge in [0.2, 0.25) is 0 Å². The van der Waals surface area contributed by atoms with E-state index in [1.165, 1.54) is 10.8 Å². The van der Waals surface area contributed by atoms with Gasteiger partial charge < -0.3 is 9.47 Å². The molecule has 0 aliphatic heterocycles. The molecular formula is C18H21NO5. The van der Waals surface area contributed by atoms with Crippen LogP contribution >= 0.6 is 0 Å². The Kier molecular flexibility index (Phi) is 4.78. The van der Waals surface area contributed by atoms with Crippen molar-refractivity contribution in [3.8, 4) is 0 Å². The highest BCUT2D eigenvalue weighted by atomic mass is 16.6. The Bertz CT molecular complexity index is 811. The highest BCUT2D eigenvalue weighted by molar-refractivity contribution is 6.43. The highest BCUT2D eigenvalue weighted by Gasteiger charge is 2.27. The maximum atomic E-state index is 12.5. The number of aryl methyl sites for hydroxylation is 1. The fourth-order valence-electron chi connectivity index (χ4n) is 2.40. The van der Waals surface area contributed by atoms with Gasteiger partial charge in [0, 0.05) is 11.6 Å². The van der Waals surface area contributed by atoms with Crippen LogP contribution in [0.4, 0.5) is 4.79 Å². The first-order valence-electron chi connectivity index (χ1n) is 7.71. The fraction of sp³-hybridized carbons (Fsp3) is 0.389. The van der Waals surface area contributed by atoms with Crippen molar-refractivity contribution >= 4 is 28.7 Å². The quantitative estimate of drug-likeness (QED) is 0.489. The van der Waals surface area contributed by atoms with E-state index in [0.29, 0.717) is 10.9 Å². The number of aromatic nitrogens is 1. The summed E-state index contributed by atoms with van der Waals surface area (Å²) < 4.78 is 11.4. The average Bonchev–Trinajstić information content (AvgIpc) is 2.86. The average molecular weight is 331 g/mol. The van der Waals surface area contributed by atoms with Crippen LogP contribution in [0.3, 0.4) is 0 Å². The number of esters is 1. The molecule has 0 unspecified atom stereocenters. The summed E-state index contributed by atoms with van der Waals surface area (Å²) >= 11 is 0. The first kappa shape index (κ1) is 17.7. The maximum absolute atomic E-state index is 12.5. The van der Waals surface area contributed by atoms with Gasteiger partial charge >= 0.3 is 12.1 Å². The Morgan fingerprint density at radius 3 is 2.42 bits per heavy atom. The summed E-state index contributed by atoms with van der Waals surface area (Å²) in [7, 11) is 0. The summed E-state index contributed by atoms with van der Waals surface area (Å²) in [5.74, 6) is -1.72. The molecule has 0 amide bonds.